The first-order valence-corrected chi connectivity index (χ1v) is 7.17. The van der Waals surface area contributed by atoms with Crippen molar-refractivity contribution in [3.63, 3.8) is 0 Å². The Kier molecular flexibility index (Phi) is 8.83. The maximum absolute atomic E-state index is 13.4. The van der Waals surface area contributed by atoms with Gasteiger partial charge in [-0.15, -0.1) is 24.8 Å². The fourth-order valence-electron chi connectivity index (χ4n) is 2.31. The van der Waals surface area contributed by atoms with E-state index in [9.17, 15) is 18.3 Å². The highest BCUT2D eigenvalue weighted by atomic mass is 79.9. The highest BCUT2D eigenvalue weighted by Crippen LogP contribution is 2.44. The molecule has 0 unspecified atom stereocenters. The van der Waals surface area contributed by atoms with E-state index in [0.29, 0.717) is 13.1 Å². The molecule has 10 heteroatoms. The Labute approximate surface area is 152 Å². The van der Waals surface area contributed by atoms with Gasteiger partial charge in [0.2, 0.25) is 0 Å². The predicted octanol–water partition coefficient (Wildman–Crippen LogP) is 4.16. The van der Waals surface area contributed by atoms with Crippen LogP contribution < -0.4 is 5.32 Å². The number of piperazine rings is 1. The Morgan fingerprint density at radius 2 is 1.77 bits per heavy atom. The minimum absolute atomic E-state index is 0. The lowest BCUT2D eigenvalue weighted by Gasteiger charge is -2.36. The summed E-state index contributed by atoms with van der Waals surface area (Å²) in [7, 11) is 0. The quantitative estimate of drug-likeness (QED) is 0.716. The SMILES string of the molecule is Cl.Cl.Oc1c(Br)cc(Cl)cc1[C@H](N1CCNCC1)C(F)(F)F. The average molecular weight is 447 g/mol. The van der Waals surface area contributed by atoms with E-state index in [2.05, 4.69) is 21.2 Å². The van der Waals surface area contributed by atoms with Crippen LogP contribution in [0.1, 0.15) is 11.6 Å². The smallest absolute Gasteiger partial charge is 0.408 e. The molecule has 1 fully saturated rings. The Hall–Kier alpha value is 0.0800. The van der Waals surface area contributed by atoms with Crippen molar-refractivity contribution in [2.24, 2.45) is 0 Å². The first-order chi connectivity index (χ1) is 9.30. The number of phenolic OH excluding ortho intramolecular Hbond substituents is 1. The van der Waals surface area contributed by atoms with Crippen LogP contribution >= 0.6 is 52.3 Å². The van der Waals surface area contributed by atoms with Gasteiger partial charge < -0.3 is 10.4 Å². The Morgan fingerprint density at radius 1 is 1.23 bits per heavy atom. The fourth-order valence-corrected chi connectivity index (χ4v) is 3.15. The van der Waals surface area contributed by atoms with Crippen molar-refractivity contribution in [2.75, 3.05) is 26.2 Å². The van der Waals surface area contributed by atoms with E-state index in [0.717, 1.165) is 0 Å². The summed E-state index contributed by atoms with van der Waals surface area (Å²) >= 11 is 8.84. The highest BCUT2D eigenvalue weighted by Gasteiger charge is 2.46. The van der Waals surface area contributed by atoms with Crippen molar-refractivity contribution in [1.29, 1.82) is 0 Å². The van der Waals surface area contributed by atoms with Crippen LogP contribution in [-0.4, -0.2) is 42.4 Å². The number of hydrogen-bond acceptors (Lipinski definition) is 3. The van der Waals surface area contributed by atoms with Crippen LogP contribution in [0.15, 0.2) is 16.6 Å². The summed E-state index contributed by atoms with van der Waals surface area (Å²) in [5.41, 5.74) is -0.223. The second-order valence-electron chi connectivity index (χ2n) is 4.56. The molecular formula is C12H15BrCl3F3N2O. The monoisotopic (exact) mass is 444 g/mol. The highest BCUT2D eigenvalue weighted by molar-refractivity contribution is 9.10. The summed E-state index contributed by atoms with van der Waals surface area (Å²) in [6.45, 7) is 1.48. The minimum Gasteiger partial charge on any atom is -0.506 e. The number of halogens is 7. The van der Waals surface area contributed by atoms with Crippen LogP contribution in [0.25, 0.3) is 0 Å². The van der Waals surface area contributed by atoms with Gasteiger partial charge >= 0.3 is 6.18 Å². The van der Waals surface area contributed by atoms with E-state index in [1.165, 1.54) is 17.0 Å². The van der Waals surface area contributed by atoms with Gasteiger partial charge in [-0.05, 0) is 28.1 Å². The van der Waals surface area contributed by atoms with Crippen LogP contribution in [0.3, 0.4) is 0 Å². The van der Waals surface area contributed by atoms with Gasteiger partial charge in [0.25, 0.3) is 0 Å². The van der Waals surface area contributed by atoms with Gasteiger partial charge in [0.1, 0.15) is 11.8 Å². The van der Waals surface area contributed by atoms with Crippen LogP contribution in [0.2, 0.25) is 5.02 Å². The zero-order chi connectivity index (χ0) is 14.9. The van der Waals surface area contributed by atoms with Gasteiger partial charge in [-0.1, -0.05) is 11.6 Å². The molecule has 0 saturated carbocycles. The Morgan fingerprint density at radius 3 is 2.27 bits per heavy atom. The molecule has 2 N–H and O–H groups in total. The number of nitrogens with zero attached hydrogens (tertiary/aromatic N) is 1. The molecule has 1 atom stereocenters. The second-order valence-corrected chi connectivity index (χ2v) is 5.85. The molecular weight excluding hydrogens is 431 g/mol. The molecule has 128 valence electrons. The summed E-state index contributed by atoms with van der Waals surface area (Å²) < 4.78 is 40.4. The molecule has 1 aromatic rings. The molecule has 0 amide bonds. The molecule has 0 spiro atoms. The molecule has 0 radical (unpaired) electrons. The number of alkyl halides is 3. The molecule has 1 aliphatic rings. The lowest BCUT2D eigenvalue weighted by molar-refractivity contribution is -0.188. The number of nitrogens with one attached hydrogen (secondary N) is 1. The molecule has 2 rings (SSSR count). The Bertz CT molecular complexity index is 499. The van der Waals surface area contributed by atoms with Gasteiger partial charge in [0.05, 0.1) is 4.47 Å². The van der Waals surface area contributed by atoms with Gasteiger partial charge in [0, 0.05) is 36.8 Å². The standard InChI is InChI=1S/C12H13BrClF3N2O.2ClH/c13-9-6-7(14)5-8(10(9)20)11(12(15,16)17)19-3-1-18-2-4-19;;/h5-6,11,18,20H,1-4H2;2*1H/t11-;;/m0../s1. The molecule has 0 aliphatic carbocycles. The first-order valence-electron chi connectivity index (χ1n) is 6.00. The lowest BCUT2D eigenvalue weighted by Crippen LogP contribution is -2.49. The molecule has 22 heavy (non-hydrogen) atoms. The van der Waals surface area contributed by atoms with Crippen molar-refractivity contribution in [2.45, 2.75) is 12.2 Å². The molecule has 1 aromatic carbocycles. The van der Waals surface area contributed by atoms with Gasteiger partial charge in [-0.3, -0.25) is 4.90 Å². The van der Waals surface area contributed by atoms with Gasteiger partial charge in [0.15, 0.2) is 0 Å². The number of hydrogen-bond donors (Lipinski definition) is 2. The zero-order valence-corrected chi connectivity index (χ0v) is 15.1. The maximum atomic E-state index is 13.4. The van der Waals surface area contributed by atoms with E-state index in [-0.39, 0.29) is 53.0 Å². The van der Waals surface area contributed by atoms with Crippen molar-refractivity contribution >= 4 is 52.3 Å². The minimum atomic E-state index is -4.49. The fraction of sp³-hybridized carbons (Fsp3) is 0.500. The zero-order valence-electron chi connectivity index (χ0n) is 11.2. The van der Waals surface area contributed by atoms with E-state index in [4.69, 9.17) is 11.6 Å². The predicted molar refractivity (Wildman–Crippen MR) is 88.6 cm³/mol. The summed E-state index contributed by atoms with van der Waals surface area (Å²) in [4.78, 5) is 1.30. The molecule has 0 aromatic heterocycles. The Balaban J connectivity index is 0.00000220. The van der Waals surface area contributed by atoms with Crippen molar-refractivity contribution in [1.82, 2.24) is 10.2 Å². The molecule has 0 bridgehead atoms. The lowest BCUT2D eigenvalue weighted by atomic mass is 10.0. The normalized spacial score (nSPS) is 17.3. The number of phenols is 1. The van der Waals surface area contributed by atoms with Crippen molar-refractivity contribution in [3.05, 3.63) is 27.2 Å². The van der Waals surface area contributed by atoms with E-state index < -0.39 is 18.0 Å². The summed E-state index contributed by atoms with van der Waals surface area (Å²) in [5, 5.41) is 13.1. The number of benzene rings is 1. The van der Waals surface area contributed by atoms with E-state index in [1.54, 1.807) is 0 Å². The van der Waals surface area contributed by atoms with Gasteiger partial charge in [-0.25, -0.2) is 0 Å². The second kappa shape index (κ2) is 8.80. The van der Waals surface area contributed by atoms with Crippen LogP contribution in [0.4, 0.5) is 13.2 Å². The van der Waals surface area contributed by atoms with Crippen LogP contribution in [0.5, 0.6) is 5.75 Å². The maximum Gasteiger partial charge on any atom is 0.408 e. The summed E-state index contributed by atoms with van der Waals surface area (Å²) in [6, 6.07) is 0.674. The van der Waals surface area contributed by atoms with Crippen LogP contribution in [0, 0.1) is 0 Å². The van der Waals surface area contributed by atoms with Crippen molar-refractivity contribution < 1.29 is 18.3 Å². The first kappa shape index (κ1) is 22.1. The molecule has 1 aliphatic heterocycles. The molecule has 3 nitrogen and oxygen atoms in total. The number of aromatic hydroxyl groups is 1. The third-order valence-electron chi connectivity index (χ3n) is 3.18. The number of rotatable bonds is 2. The van der Waals surface area contributed by atoms with Crippen LogP contribution in [-0.2, 0) is 0 Å². The van der Waals surface area contributed by atoms with E-state index >= 15 is 0 Å². The van der Waals surface area contributed by atoms with Gasteiger partial charge in [-0.2, -0.15) is 13.2 Å². The largest absolute Gasteiger partial charge is 0.506 e. The third kappa shape index (κ3) is 5.04. The molecule has 1 saturated heterocycles. The summed E-state index contributed by atoms with van der Waals surface area (Å²) in [6.07, 6.45) is -4.49. The average Bonchev–Trinajstić information content (AvgIpc) is 2.35. The third-order valence-corrected chi connectivity index (χ3v) is 4.00. The summed E-state index contributed by atoms with van der Waals surface area (Å²) in [5.74, 6) is -0.421. The molecule has 1 heterocycles. The topological polar surface area (TPSA) is 35.5 Å². The van der Waals surface area contributed by atoms with E-state index in [1.807, 2.05) is 0 Å². The van der Waals surface area contributed by atoms with Crippen molar-refractivity contribution in [3.8, 4) is 5.75 Å².